The van der Waals surface area contributed by atoms with Crippen molar-refractivity contribution in [2.24, 2.45) is 0 Å². The molecule has 2 aromatic carbocycles. The Balaban J connectivity index is 1.63. The number of nitrogens with one attached hydrogen (secondary N) is 2. The second-order valence-electron chi connectivity index (χ2n) is 6.48. The second kappa shape index (κ2) is 8.00. The Hall–Kier alpha value is -3.54. The van der Waals surface area contributed by atoms with Crippen molar-refractivity contribution < 1.29 is 9.53 Å². The number of aromatic amines is 1. The Kier molecular flexibility index (Phi) is 5.10. The molecule has 2 N–H and O–H groups in total. The first-order valence-corrected chi connectivity index (χ1v) is 9.34. The van der Waals surface area contributed by atoms with E-state index in [0.29, 0.717) is 13.2 Å². The first-order chi connectivity index (χ1) is 13.7. The van der Waals surface area contributed by atoms with Gasteiger partial charge in [0.15, 0.2) is 0 Å². The van der Waals surface area contributed by atoms with E-state index in [1.54, 1.807) is 11.2 Å². The molecule has 6 heteroatoms. The minimum atomic E-state index is -0.164. The number of carbonyl (C=O) groups is 1. The van der Waals surface area contributed by atoms with Gasteiger partial charge in [0.25, 0.3) is 0 Å². The lowest BCUT2D eigenvalue weighted by molar-refractivity contribution is 0.257. The van der Waals surface area contributed by atoms with Crippen LogP contribution in [-0.4, -0.2) is 29.2 Å². The van der Waals surface area contributed by atoms with E-state index in [4.69, 9.17) is 4.74 Å². The van der Waals surface area contributed by atoms with Gasteiger partial charge in [0.05, 0.1) is 18.6 Å². The number of imidazole rings is 1. The number of hydrogen-bond acceptors (Lipinski definition) is 3. The second-order valence-corrected chi connectivity index (χ2v) is 6.48. The summed E-state index contributed by atoms with van der Waals surface area (Å²) in [6.07, 6.45) is 6.38. The van der Waals surface area contributed by atoms with Crippen molar-refractivity contribution in [2.45, 2.75) is 13.3 Å². The Bertz CT molecular complexity index is 981. The zero-order chi connectivity index (χ0) is 19.3. The number of ether oxygens (including phenoxy) is 1. The van der Waals surface area contributed by atoms with Crippen LogP contribution in [0.4, 0.5) is 16.2 Å². The lowest BCUT2D eigenvalue weighted by Crippen LogP contribution is -2.34. The Labute approximate surface area is 163 Å². The Morgan fingerprint density at radius 2 is 2.14 bits per heavy atom. The van der Waals surface area contributed by atoms with E-state index in [1.807, 2.05) is 61.7 Å². The van der Waals surface area contributed by atoms with Gasteiger partial charge >= 0.3 is 6.03 Å². The molecule has 6 nitrogen and oxygen atoms in total. The molecule has 0 unspecified atom stereocenters. The molecule has 3 aromatic rings. The highest BCUT2D eigenvalue weighted by Gasteiger charge is 2.20. The Morgan fingerprint density at radius 3 is 2.89 bits per heavy atom. The van der Waals surface area contributed by atoms with Gasteiger partial charge in [0, 0.05) is 36.1 Å². The van der Waals surface area contributed by atoms with Crippen molar-refractivity contribution in [1.82, 2.24) is 9.97 Å². The van der Waals surface area contributed by atoms with Crippen molar-refractivity contribution in [3.8, 4) is 5.75 Å². The molecular weight excluding hydrogens is 352 g/mol. The zero-order valence-corrected chi connectivity index (χ0v) is 15.7. The predicted molar refractivity (Wildman–Crippen MR) is 111 cm³/mol. The van der Waals surface area contributed by atoms with E-state index in [0.717, 1.165) is 40.4 Å². The molecule has 142 valence electrons. The number of nitrogens with zero attached hydrogens (tertiary/aromatic N) is 2. The van der Waals surface area contributed by atoms with Gasteiger partial charge in [-0.05, 0) is 48.9 Å². The van der Waals surface area contributed by atoms with Crippen LogP contribution >= 0.6 is 0 Å². The number of aromatic nitrogens is 2. The van der Waals surface area contributed by atoms with Gasteiger partial charge in [-0.2, -0.15) is 0 Å². The highest BCUT2D eigenvalue weighted by Crippen LogP contribution is 2.36. The number of benzene rings is 2. The molecule has 0 saturated carbocycles. The van der Waals surface area contributed by atoms with Gasteiger partial charge in [0.1, 0.15) is 5.75 Å². The summed E-state index contributed by atoms with van der Waals surface area (Å²) in [5.41, 5.74) is 4.62. The van der Waals surface area contributed by atoms with E-state index >= 15 is 0 Å². The smallest absolute Gasteiger partial charge is 0.326 e. The molecule has 2 amide bonds. The molecule has 0 saturated heterocycles. The third-order valence-corrected chi connectivity index (χ3v) is 4.68. The molecule has 0 aliphatic carbocycles. The molecule has 1 aliphatic rings. The maximum atomic E-state index is 12.8. The molecule has 0 atom stereocenters. The third-order valence-electron chi connectivity index (χ3n) is 4.68. The van der Waals surface area contributed by atoms with Gasteiger partial charge in [0.2, 0.25) is 0 Å². The first-order valence-electron chi connectivity index (χ1n) is 9.34. The van der Waals surface area contributed by atoms with Gasteiger partial charge < -0.3 is 15.0 Å². The molecule has 0 fully saturated rings. The quantitative estimate of drug-likeness (QED) is 0.690. The van der Waals surface area contributed by atoms with E-state index < -0.39 is 0 Å². The molecule has 0 bridgehead atoms. The van der Waals surface area contributed by atoms with Crippen molar-refractivity contribution >= 4 is 29.1 Å². The van der Waals surface area contributed by atoms with Crippen LogP contribution in [0.15, 0.2) is 61.1 Å². The van der Waals surface area contributed by atoms with Gasteiger partial charge in [-0.25, -0.2) is 9.78 Å². The molecule has 0 spiro atoms. The number of hydrogen-bond donors (Lipinski definition) is 2. The van der Waals surface area contributed by atoms with Crippen molar-refractivity contribution in [2.75, 3.05) is 23.4 Å². The van der Waals surface area contributed by atoms with Crippen LogP contribution in [0.1, 0.15) is 24.6 Å². The van der Waals surface area contributed by atoms with Crippen molar-refractivity contribution in [3.05, 3.63) is 72.3 Å². The molecule has 0 radical (unpaired) electrons. The topological polar surface area (TPSA) is 70.2 Å². The summed E-state index contributed by atoms with van der Waals surface area (Å²) in [5.74, 6) is 0.830. The first kappa shape index (κ1) is 17.9. The minimum absolute atomic E-state index is 0.164. The number of urea groups is 1. The molecule has 2 heterocycles. The average molecular weight is 374 g/mol. The third kappa shape index (κ3) is 3.76. The highest BCUT2D eigenvalue weighted by molar-refractivity contribution is 6.02. The maximum absolute atomic E-state index is 12.8. The van der Waals surface area contributed by atoms with Crippen LogP contribution in [0, 0.1) is 0 Å². The van der Waals surface area contributed by atoms with Crippen LogP contribution in [-0.2, 0) is 0 Å². The van der Waals surface area contributed by atoms with Gasteiger partial charge in [-0.15, -0.1) is 0 Å². The van der Waals surface area contributed by atoms with Crippen LogP contribution in [0.2, 0.25) is 0 Å². The van der Waals surface area contributed by atoms with Crippen molar-refractivity contribution in [3.63, 3.8) is 0 Å². The zero-order valence-electron chi connectivity index (χ0n) is 15.7. The summed E-state index contributed by atoms with van der Waals surface area (Å²) in [6, 6.07) is 15.2. The number of amides is 2. The number of anilines is 2. The van der Waals surface area contributed by atoms with Crippen LogP contribution < -0.4 is 15.0 Å². The molecule has 4 rings (SSSR count). The van der Waals surface area contributed by atoms with Crippen LogP contribution in [0.3, 0.4) is 0 Å². The van der Waals surface area contributed by atoms with E-state index in [9.17, 15) is 4.79 Å². The summed E-state index contributed by atoms with van der Waals surface area (Å²) in [4.78, 5) is 21.8. The molecular formula is C22H22N4O2. The fourth-order valence-corrected chi connectivity index (χ4v) is 3.30. The average Bonchev–Trinajstić information content (AvgIpc) is 3.23. The van der Waals surface area contributed by atoms with E-state index in [-0.39, 0.29) is 6.03 Å². The number of para-hydroxylation sites is 1. The predicted octanol–water partition coefficient (Wildman–Crippen LogP) is 4.79. The fourth-order valence-electron chi connectivity index (χ4n) is 3.30. The summed E-state index contributed by atoms with van der Waals surface area (Å²) in [5, 5.41) is 2.95. The van der Waals surface area contributed by atoms with Crippen LogP contribution in [0.25, 0.3) is 11.6 Å². The number of carbonyl (C=O) groups excluding carboxylic acids is 1. The standard InChI is InChI=1S/C22H22N4O2/c1-2-26(22(27)25-17-6-4-3-5-7-17)19-8-9-21-20(13-19)16(10-11-28-21)12-18-14-23-15-24-18/h3-9,12-15H,2,10-11H2,1H3,(H,23,24)(H,25,27)/b16-12+. The number of H-pyrrole nitrogens is 1. The van der Waals surface area contributed by atoms with E-state index in [1.165, 1.54) is 0 Å². The van der Waals surface area contributed by atoms with Gasteiger partial charge in [-0.1, -0.05) is 18.2 Å². The minimum Gasteiger partial charge on any atom is -0.493 e. The summed E-state index contributed by atoms with van der Waals surface area (Å²) in [7, 11) is 0. The fraction of sp³-hybridized carbons (Fsp3) is 0.182. The number of fused-ring (bicyclic) bond motifs is 1. The molecule has 28 heavy (non-hydrogen) atoms. The molecule has 1 aromatic heterocycles. The maximum Gasteiger partial charge on any atom is 0.326 e. The highest BCUT2D eigenvalue weighted by atomic mass is 16.5. The lowest BCUT2D eigenvalue weighted by Gasteiger charge is -2.25. The SMILES string of the molecule is CCN(C(=O)Nc1ccccc1)c1ccc2c(c1)/C(=C/c1c[nH]cn1)CCO2. The summed E-state index contributed by atoms with van der Waals surface area (Å²) in [6.45, 7) is 3.15. The monoisotopic (exact) mass is 374 g/mol. The summed E-state index contributed by atoms with van der Waals surface area (Å²) >= 11 is 0. The van der Waals surface area contributed by atoms with Crippen molar-refractivity contribution in [1.29, 1.82) is 0 Å². The Morgan fingerprint density at radius 1 is 1.29 bits per heavy atom. The lowest BCUT2D eigenvalue weighted by atomic mass is 9.98. The van der Waals surface area contributed by atoms with Gasteiger partial charge in [-0.3, -0.25) is 4.90 Å². The molecule has 1 aliphatic heterocycles. The largest absolute Gasteiger partial charge is 0.493 e. The number of rotatable bonds is 4. The summed E-state index contributed by atoms with van der Waals surface area (Å²) < 4.78 is 5.81. The van der Waals surface area contributed by atoms with E-state index in [2.05, 4.69) is 21.4 Å². The normalized spacial score (nSPS) is 14.2. The van der Waals surface area contributed by atoms with Crippen LogP contribution in [0.5, 0.6) is 5.75 Å².